The van der Waals surface area contributed by atoms with E-state index in [1.165, 1.54) is 41.9 Å². The lowest BCUT2D eigenvalue weighted by Crippen LogP contribution is -2.35. The molecule has 2 amide bonds. The summed E-state index contributed by atoms with van der Waals surface area (Å²) in [6.07, 6.45) is 10.9. The van der Waals surface area contributed by atoms with Gasteiger partial charge >= 0.3 is 0 Å². The zero-order valence-electron chi connectivity index (χ0n) is 18.0. The molecule has 0 saturated heterocycles. The van der Waals surface area contributed by atoms with Crippen molar-refractivity contribution >= 4 is 34.0 Å². The second-order valence-electron chi connectivity index (χ2n) is 8.39. The van der Waals surface area contributed by atoms with Crippen LogP contribution in [-0.2, 0) is 11.2 Å². The number of carbonyl (C=O) groups is 2. The van der Waals surface area contributed by atoms with E-state index < -0.39 is 0 Å². The summed E-state index contributed by atoms with van der Waals surface area (Å²) in [5.74, 6) is 0.134. The zero-order chi connectivity index (χ0) is 22.1. The standard InChI is InChI=1S/C24H25N5O2S/c1-15-21(27-24(32-15)28-22(30)19-14-25-10-11-26-19)18-7-8-20-17(13-18)9-12-29(20)23(31)16-5-3-2-4-6-16/h7-8,10-11,13-14,16H,2-6,9,12H2,1H3,(H,27,28,30). The van der Waals surface area contributed by atoms with E-state index in [-0.39, 0.29) is 23.4 Å². The van der Waals surface area contributed by atoms with Gasteiger partial charge in [0.15, 0.2) is 5.13 Å². The second-order valence-corrected chi connectivity index (χ2v) is 9.59. The summed E-state index contributed by atoms with van der Waals surface area (Å²) in [7, 11) is 0. The Balaban J connectivity index is 1.34. The number of benzene rings is 1. The van der Waals surface area contributed by atoms with Crippen LogP contribution in [0, 0.1) is 12.8 Å². The summed E-state index contributed by atoms with van der Waals surface area (Å²) in [6.45, 7) is 2.75. The van der Waals surface area contributed by atoms with Crippen molar-refractivity contribution < 1.29 is 9.59 Å². The van der Waals surface area contributed by atoms with Gasteiger partial charge in [-0.2, -0.15) is 0 Å². The van der Waals surface area contributed by atoms with Crippen LogP contribution in [-0.4, -0.2) is 33.3 Å². The zero-order valence-corrected chi connectivity index (χ0v) is 18.8. The highest BCUT2D eigenvalue weighted by Gasteiger charge is 2.31. The van der Waals surface area contributed by atoms with Crippen molar-refractivity contribution in [2.45, 2.75) is 45.4 Å². The summed E-state index contributed by atoms with van der Waals surface area (Å²) in [5.41, 5.74) is 4.33. The van der Waals surface area contributed by atoms with Gasteiger partial charge in [-0.05, 0) is 43.9 Å². The van der Waals surface area contributed by atoms with Crippen molar-refractivity contribution in [3.05, 3.63) is 52.9 Å². The fourth-order valence-electron chi connectivity index (χ4n) is 4.64. The van der Waals surface area contributed by atoms with E-state index in [0.29, 0.717) is 5.13 Å². The summed E-state index contributed by atoms with van der Waals surface area (Å²) in [6, 6.07) is 6.22. The average Bonchev–Trinajstić information content (AvgIpc) is 3.42. The molecule has 7 nitrogen and oxygen atoms in total. The highest BCUT2D eigenvalue weighted by molar-refractivity contribution is 7.16. The molecule has 5 rings (SSSR count). The molecule has 0 atom stereocenters. The first-order valence-electron chi connectivity index (χ1n) is 11.1. The molecular formula is C24H25N5O2S. The number of nitrogens with one attached hydrogen (secondary N) is 1. The number of aromatic nitrogens is 3. The van der Waals surface area contributed by atoms with E-state index in [9.17, 15) is 9.59 Å². The first-order valence-corrected chi connectivity index (χ1v) is 11.9. The van der Waals surface area contributed by atoms with Gasteiger partial charge in [-0.25, -0.2) is 9.97 Å². The van der Waals surface area contributed by atoms with Crippen molar-refractivity contribution in [1.82, 2.24) is 15.0 Å². The van der Waals surface area contributed by atoms with Crippen molar-refractivity contribution in [2.24, 2.45) is 5.92 Å². The molecule has 1 aliphatic carbocycles. The van der Waals surface area contributed by atoms with E-state index in [2.05, 4.69) is 32.4 Å². The van der Waals surface area contributed by atoms with Crippen LogP contribution in [0.4, 0.5) is 10.8 Å². The number of aryl methyl sites for hydroxylation is 1. The fraction of sp³-hybridized carbons (Fsp3) is 0.375. The molecular weight excluding hydrogens is 422 g/mol. The maximum absolute atomic E-state index is 13.1. The molecule has 32 heavy (non-hydrogen) atoms. The fourth-order valence-corrected chi connectivity index (χ4v) is 5.47. The van der Waals surface area contributed by atoms with Crippen LogP contribution in [0.25, 0.3) is 11.3 Å². The number of rotatable bonds is 4. The minimum absolute atomic E-state index is 0.177. The third-order valence-corrected chi connectivity index (χ3v) is 7.17. The Morgan fingerprint density at radius 2 is 2.00 bits per heavy atom. The predicted octanol–water partition coefficient (Wildman–Crippen LogP) is 4.63. The van der Waals surface area contributed by atoms with Crippen LogP contribution < -0.4 is 10.2 Å². The first-order chi connectivity index (χ1) is 15.6. The molecule has 0 unspecified atom stereocenters. The highest BCUT2D eigenvalue weighted by Crippen LogP contribution is 2.37. The van der Waals surface area contributed by atoms with Crippen molar-refractivity contribution in [1.29, 1.82) is 0 Å². The highest BCUT2D eigenvalue weighted by atomic mass is 32.1. The number of hydrogen-bond donors (Lipinski definition) is 1. The van der Waals surface area contributed by atoms with Crippen LogP contribution >= 0.6 is 11.3 Å². The van der Waals surface area contributed by atoms with Gasteiger partial charge in [0.25, 0.3) is 5.91 Å². The number of hydrogen-bond acceptors (Lipinski definition) is 6. The number of fused-ring (bicyclic) bond motifs is 1. The Morgan fingerprint density at radius 3 is 2.78 bits per heavy atom. The molecule has 1 N–H and O–H groups in total. The third kappa shape index (κ3) is 4.02. The largest absolute Gasteiger partial charge is 0.312 e. The van der Waals surface area contributed by atoms with Gasteiger partial charge in [0.1, 0.15) is 5.69 Å². The molecule has 3 aromatic rings. The van der Waals surface area contributed by atoms with E-state index in [1.807, 2.05) is 17.9 Å². The van der Waals surface area contributed by atoms with Crippen LogP contribution in [0.1, 0.15) is 53.0 Å². The number of amides is 2. The first kappa shape index (κ1) is 20.8. The topological polar surface area (TPSA) is 88.1 Å². The van der Waals surface area contributed by atoms with Gasteiger partial charge in [0.2, 0.25) is 5.91 Å². The molecule has 1 aromatic carbocycles. The third-order valence-electron chi connectivity index (χ3n) is 6.28. The lowest BCUT2D eigenvalue weighted by molar-refractivity contribution is -0.123. The molecule has 1 fully saturated rings. The van der Waals surface area contributed by atoms with Gasteiger partial charge in [0.05, 0.1) is 11.9 Å². The van der Waals surface area contributed by atoms with Crippen LogP contribution in [0.5, 0.6) is 0 Å². The lowest BCUT2D eigenvalue weighted by Gasteiger charge is -2.26. The van der Waals surface area contributed by atoms with Crippen LogP contribution in [0.3, 0.4) is 0 Å². The maximum Gasteiger partial charge on any atom is 0.277 e. The summed E-state index contributed by atoms with van der Waals surface area (Å²) in [4.78, 5) is 41.0. The molecule has 0 bridgehead atoms. The van der Waals surface area contributed by atoms with Gasteiger partial charge in [0, 0.05) is 41.0 Å². The van der Waals surface area contributed by atoms with Gasteiger partial charge < -0.3 is 4.90 Å². The maximum atomic E-state index is 13.1. The molecule has 164 valence electrons. The normalized spacial score (nSPS) is 16.1. The molecule has 2 aromatic heterocycles. The minimum Gasteiger partial charge on any atom is -0.312 e. The number of nitrogens with zero attached hydrogens (tertiary/aromatic N) is 4. The SMILES string of the molecule is Cc1sc(NC(=O)c2cnccn2)nc1-c1ccc2c(c1)CCN2C(=O)C1CCCCC1. The Hall–Kier alpha value is -3.13. The Morgan fingerprint density at radius 1 is 1.16 bits per heavy atom. The number of carbonyl (C=O) groups excluding carboxylic acids is 2. The Bertz CT molecular complexity index is 1150. The van der Waals surface area contributed by atoms with E-state index in [0.717, 1.165) is 60.5 Å². The van der Waals surface area contributed by atoms with Gasteiger partial charge in [-0.1, -0.05) is 25.3 Å². The average molecular weight is 448 g/mol. The Kier molecular flexibility index (Phi) is 5.70. The molecule has 3 heterocycles. The quantitative estimate of drug-likeness (QED) is 0.630. The van der Waals surface area contributed by atoms with Gasteiger partial charge in [-0.15, -0.1) is 11.3 Å². The predicted molar refractivity (Wildman–Crippen MR) is 125 cm³/mol. The molecule has 1 saturated carbocycles. The van der Waals surface area contributed by atoms with Crippen LogP contribution in [0.15, 0.2) is 36.8 Å². The molecule has 0 radical (unpaired) electrons. The molecule has 1 aliphatic heterocycles. The van der Waals surface area contributed by atoms with Crippen molar-refractivity contribution in [3.63, 3.8) is 0 Å². The van der Waals surface area contributed by atoms with Crippen LogP contribution in [0.2, 0.25) is 0 Å². The monoisotopic (exact) mass is 447 g/mol. The second kappa shape index (κ2) is 8.78. The number of anilines is 2. The molecule has 0 spiro atoms. The van der Waals surface area contributed by atoms with Crippen molar-refractivity contribution in [2.75, 3.05) is 16.8 Å². The Labute approximate surface area is 190 Å². The molecule has 8 heteroatoms. The van der Waals surface area contributed by atoms with E-state index >= 15 is 0 Å². The molecule has 2 aliphatic rings. The smallest absolute Gasteiger partial charge is 0.277 e. The minimum atomic E-state index is -0.329. The number of thiazole rings is 1. The summed E-state index contributed by atoms with van der Waals surface area (Å²) < 4.78 is 0. The van der Waals surface area contributed by atoms with Crippen molar-refractivity contribution in [3.8, 4) is 11.3 Å². The van der Waals surface area contributed by atoms with E-state index in [4.69, 9.17) is 0 Å². The van der Waals surface area contributed by atoms with E-state index in [1.54, 1.807) is 0 Å². The summed E-state index contributed by atoms with van der Waals surface area (Å²) >= 11 is 1.43. The van der Waals surface area contributed by atoms with Gasteiger partial charge in [-0.3, -0.25) is 19.9 Å². The lowest BCUT2D eigenvalue weighted by atomic mass is 9.88. The summed E-state index contributed by atoms with van der Waals surface area (Å²) in [5, 5.41) is 3.34.